The van der Waals surface area contributed by atoms with Crippen molar-refractivity contribution in [3.63, 3.8) is 0 Å². The summed E-state index contributed by atoms with van der Waals surface area (Å²) < 4.78 is 102. The van der Waals surface area contributed by atoms with Crippen molar-refractivity contribution < 1.29 is 59.5 Å². The van der Waals surface area contributed by atoms with E-state index in [9.17, 15) is 21.6 Å². The van der Waals surface area contributed by atoms with Gasteiger partial charge < -0.3 is 102 Å². The molecule has 145 heavy (non-hydrogen) atoms. The standard InChI is InChI=1S/C28H42N6O3.C28H44N6O2.C25H40N6O4S.C24H39N7O4S/c1-31(2)28-29-23-20-25(37-18-8-13-32-11-6-7-12-32)24(36-3)19-22(23)26(30-28)33-14-16-34(17-15-33)27(35)21-9-4-5-10-21;1-31(2)28-29-24-20-26(36-18-8-13-32-11-6-7-12-32)25(35-3)19-23(24)27(30-28)34-16-14-33(15-17-34)21-22-9-4-5-10-22;1-19(2)36(32,33)31-14-12-30(13-15-31)24-20-17-22(34-5)23(18-21(20)26-25(27-24)28(3)4)35-16-8-11-29-9-6-7-10-29;1-27(2)24-25-20-18-22(35-16-8-11-29-9-6-7-10-29)21(34-5)17-19(20)23(26-24)30-12-14-31(15-13-30)36(32,33)28(3)4/h19-21H,4-18H2,1-3H3;19-20,22H,4-18,21H2,1-3H3;17-19H,6-16H2,1-5H3;17-18H,6-16H2,1-5H3. The van der Waals surface area contributed by atoms with E-state index < -0.39 is 25.5 Å². The topological polar surface area (TPSA) is 317 Å². The van der Waals surface area contributed by atoms with Gasteiger partial charge in [-0.2, -0.15) is 41.3 Å². The molecule has 38 nitrogen and oxygen atoms in total. The number of nitrogens with zero attached hydrogens (tertiary/aromatic N) is 25. The van der Waals surface area contributed by atoms with E-state index in [-0.39, 0.29) is 5.92 Å². The fraction of sp³-hybridized carbons (Fsp3) is 0.686. The average Bonchev–Trinajstić information content (AvgIpc) is 1.72. The van der Waals surface area contributed by atoms with Crippen LogP contribution in [0.2, 0.25) is 0 Å². The first-order valence-corrected chi connectivity index (χ1v) is 56.3. The molecule has 40 heteroatoms. The summed E-state index contributed by atoms with van der Waals surface area (Å²) in [5.74, 6) is 13.1. The highest BCUT2D eigenvalue weighted by atomic mass is 32.2. The number of rotatable bonds is 39. The van der Waals surface area contributed by atoms with Crippen molar-refractivity contribution in [2.45, 2.75) is 148 Å². The highest BCUT2D eigenvalue weighted by Gasteiger charge is 2.37. The van der Waals surface area contributed by atoms with Gasteiger partial charge >= 0.3 is 0 Å². The number of amides is 1. The molecule has 0 spiro atoms. The third-order valence-electron chi connectivity index (χ3n) is 29.8. The van der Waals surface area contributed by atoms with E-state index in [1.165, 1.54) is 157 Å². The van der Waals surface area contributed by atoms with Crippen LogP contribution in [-0.2, 0) is 25.0 Å². The molecule has 800 valence electrons. The van der Waals surface area contributed by atoms with E-state index in [0.717, 1.165) is 213 Å². The molecule has 8 aromatic rings. The summed E-state index contributed by atoms with van der Waals surface area (Å²) in [7, 11) is 18.6. The summed E-state index contributed by atoms with van der Waals surface area (Å²) in [6.45, 7) is 32.1. The number of carbonyl (C=O) groups is 1. The molecule has 18 rings (SSSR count). The largest absolute Gasteiger partial charge is 0.493 e. The number of fused-ring (bicyclic) bond motifs is 4. The van der Waals surface area contributed by atoms with Gasteiger partial charge in [0.1, 0.15) is 23.3 Å². The van der Waals surface area contributed by atoms with Gasteiger partial charge in [-0.25, -0.2) is 28.4 Å². The minimum atomic E-state index is -3.44. The number of hydrogen-bond donors (Lipinski definition) is 0. The summed E-state index contributed by atoms with van der Waals surface area (Å²) in [5, 5.41) is 3.27. The molecule has 10 aliphatic rings. The molecule has 2 aliphatic carbocycles. The monoisotopic (exact) mass is 2050 g/mol. The van der Waals surface area contributed by atoms with Gasteiger partial charge in [0.15, 0.2) is 46.0 Å². The minimum absolute atomic E-state index is 0.227. The van der Waals surface area contributed by atoms with Crippen molar-refractivity contribution in [1.82, 2.24) is 82.2 Å². The molecule has 8 aliphatic heterocycles. The van der Waals surface area contributed by atoms with E-state index in [4.69, 9.17) is 77.8 Å². The summed E-state index contributed by atoms with van der Waals surface area (Å²) in [5.41, 5.74) is 3.29. The summed E-state index contributed by atoms with van der Waals surface area (Å²) in [6.07, 6.45) is 24.4. The lowest BCUT2D eigenvalue weighted by Crippen LogP contribution is -2.52. The molecule has 0 radical (unpaired) electrons. The zero-order valence-corrected chi connectivity index (χ0v) is 91.3. The van der Waals surface area contributed by atoms with E-state index in [1.807, 2.05) is 118 Å². The van der Waals surface area contributed by atoms with Crippen LogP contribution in [-0.4, -0.2) is 425 Å². The predicted molar refractivity (Wildman–Crippen MR) is 580 cm³/mol. The van der Waals surface area contributed by atoms with Crippen LogP contribution in [0.25, 0.3) is 43.6 Å². The number of ether oxygens (including phenoxy) is 8. The number of anilines is 8. The Morgan fingerprint density at radius 2 is 0.593 bits per heavy atom. The molecule has 10 fully saturated rings. The Labute approximate surface area is 861 Å². The Morgan fingerprint density at radius 3 is 0.862 bits per heavy atom. The SMILES string of the molecule is COc1cc2c(N3CCN(C(=O)C4CCCC4)CC3)nc(N(C)C)nc2cc1OCCCN1CCCC1.COc1cc2c(N3CCN(CC4CCCC4)CC3)nc(N(C)C)nc2cc1OCCCN1CCCC1.COc1cc2c(N3CCN(S(=O)(=O)C(C)C)CC3)nc(N(C)C)nc2cc1OCCCN1CCCC1.COc1cc2c(N3CCN(S(=O)(=O)N(C)C)CC3)nc(N(C)C)nc2cc1OCCCN1CCCC1. The Balaban J connectivity index is 0.000000145. The first-order chi connectivity index (χ1) is 70.0. The van der Waals surface area contributed by atoms with Crippen molar-refractivity contribution in [3.05, 3.63) is 48.5 Å². The van der Waals surface area contributed by atoms with Gasteiger partial charge in [-0.1, -0.05) is 25.7 Å². The maximum Gasteiger partial charge on any atom is 0.281 e. The van der Waals surface area contributed by atoms with Gasteiger partial charge in [0, 0.05) is 260 Å². The lowest BCUT2D eigenvalue weighted by molar-refractivity contribution is -0.135. The van der Waals surface area contributed by atoms with E-state index in [0.29, 0.717) is 131 Å². The highest BCUT2D eigenvalue weighted by Crippen LogP contribution is 2.44. The minimum Gasteiger partial charge on any atom is -0.493 e. The summed E-state index contributed by atoms with van der Waals surface area (Å²) >= 11 is 0. The van der Waals surface area contributed by atoms with Crippen LogP contribution in [0.15, 0.2) is 48.5 Å². The molecule has 2 saturated carbocycles. The Bertz CT molecular complexity index is 5570. The average molecular weight is 2050 g/mol. The van der Waals surface area contributed by atoms with Crippen LogP contribution in [0, 0.1) is 11.8 Å². The van der Waals surface area contributed by atoms with Crippen molar-refractivity contribution in [3.8, 4) is 46.0 Å². The second kappa shape index (κ2) is 51.8. The molecule has 4 aromatic heterocycles. The van der Waals surface area contributed by atoms with Crippen molar-refractivity contribution in [2.24, 2.45) is 11.8 Å². The van der Waals surface area contributed by atoms with Crippen LogP contribution in [0.3, 0.4) is 0 Å². The number of benzene rings is 4. The number of methoxy groups -OCH3 is 4. The van der Waals surface area contributed by atoms with E-state index >= 15 is 0 Å². The fourth-order valence-electron chi connectivity index (χ4n) is 21.3. The van der Waals surface area contributed by atoms with Gasteiger partial charge in [-0.15, -0.1) is 0 Å². The number of hydrogen-bond acceptors (Lipinski definition) is 34. The van der Waals surface area contributed by atoms with E-state index in [1.54, 1.807) is 60.7 Å². The Hall–Kier alpha value is -9.91. The molecule has 0 unspecified atom stereocenters. The second-order valence-corrected chi connectivity index (χ2v) is 46.1. The smallest absolute Gasteiger partial charge is 0.281 e. The highest BCUT2D eigenvalue weighted by molar-refractivity contribution is 7.89. The molecule has 0 atom stereocenters. The number of likely N-dealkylation sites (tertiary alicyclic amines) is 4. The number of sulfonamides is 1. The lowest BCUT2D eigenvalue weighted by atomic mass is 10.1. The molecule has 1 amide bonds. The van der Waals surface area contributed by atoms with Gasteiger partial charge in [-0.3, -0.25) is 9.69 Å². The quantitative estimate of drug-likeness (QED) is 0.0323. The van der Waals surface area contributed by atoms with Gasteiger partial charge in [-0.05, 0) is 199 Å². The molecule has 8 saturated heterocycles. The Morgan fingerprint density at radius 1 is 0.324 bits per heavy atom. The zero-order chi connectivity index (χ0) is 102. The van der Waals surface area contributed by atoms with Crippen molar-refractivity contribution >= 4 is 117 Å². The van der Waals surface area contributed by atoms with Crippen LogP contribution >= 0.6 is 0 Å². The normalized spacial score (nSPS) is 18.6. The third-order valence-corrected chi connectivity index (χ3v) is 34.0. The number of piperazine rings is 4. The summed E-state index contributed by atoms with van der Waals surface area (Å²) in [6, 6.07) is 15.8. The fourth-order valence-corrected chi connectivity index (χ4v) is 23.6. The third kappa shape index (κ3) is 28.2. The maximum atomic E-state index is 12.9. The zero-order valence-electron chi connectivity index (χ0n) is 89.6. The summed E-state index contributed by atoms with van der Waals surface area (Å²) in [4.78, 5) is 83.1. The molecular formula is C105H165N25O13S2. The van der Waals surface area contributed by atoms with Crippen LogP contribution in [0.5, 0.6) is 46.0 Å². The van der Waals surface area contributed by atoms with Crippen molar-refractivity contribution in [2.75, 3.05) is 354 Å². The number of aromatic nitrogens is 8. The maximum absolute atomic E-state index is 12.9. The van der Waals surface area contributed by atoms with Gasteiger partial charge in [0.2, 0.25) is 39.7 Å². The molecule has 4 aromatic carbocycles. The van der Waals surface area contributed by atoms with Crippen LogP contribution in [0.4, 0.5) is 47.1 Å². The molecule has 0 N–H and O–H groups in total. The molecular weight excluding hydrogens is 1880 g/mol. The predicted octanol–water partition coefficient (Wildman–Crippen LogP) is 11.2. The first kappa shape index (κ1) is 109. The molecule has 0 bridgehead atoms. The van der Waals surface area contributed by atoms with Gasteiger partial charge in [0.25, 0.3) is 10.2 Å². The van der Waals surface area contributed by atoms with Crippen LogP contribution < -0.4 is 77.1 Å². The number of carbonyl (C=O) groups excluding carboxylic acids is 1. The van der Waals surface area contributed by atoms with Crippen molar-refractivity contribution in [1.29, 1.82) is 0 Å². The van der Waals surface area contributed by atoms with Crippen LogP contribution in [0.1, 0.15) is 142 Å². The first-order valence-electron chi connectivity index (χ1n) is 53.4. The molecule has 12 heterocycles. The second-order valence-electron chi connectivity index (χ2n) is 41.4. The van der Waals surface area contributed by atoms with E-state index in [2.05, 4.69) is 55.1 Å². The Kier molecular flexibility index (Phi) is 39.1. The lowest BCUT2D eigenvalue weighted by Gasteiger charge is -2.37. The van der Waals surface area contributed by atoms with Gasteiger partial charge in [0.05, 0.1) is 82.2 Å².